The van der Waals surface area contributed by atoms with Gasteiger partial charge in [0.2, 0.25) is 0 Å². The van der Waals surface area contributed by atoms with Crippen LogP contribution in [0.25, 0.3) is 0 Å². The van der Waals surface area contributed by atoms with Crippen molar-refractivity contribution < 1.29 is 4.21 Å². The molecule has 0 unspecified atom stereocenters. The Morgan fingerprint density at radius 1 is 1.43 bits per heavy atom. The van der Waals surface area contributed by atoms with E-state index in [0.29, 0.717) is 17.8 Å². The number of nitrogens with one attached hydrogen (secondary N) is 1. The summed E-state index contributed by atoms with van der Waals surface area (Å²) in [4.78, 5) is 0.914. The number of aryl methyl sites for hydroxylation is 1. The highest BCUT2D eigenvalue weighted by Crippen LogP contribution is 2.14. The van der Waals surface area contributed by atoms with Gasteiger partial charge in [-0.3, -0.25) is 0 Å². The fourth-order valence-electron chi connectivity index (χ4n) is 1.80. The van der Waals surface area contributed by atoms with Gasteiger partial charge in [-0.05, 0) is 31.0 Å². The van der Waals surface area contributed by atoms with Gasteiger partial charge < -0.3 is 5.32 Å². The highest BCUT2D eigenvalue weighted by atomic mass is 32.1. The van der Waals surface area contributed by atoms with Crippen molar-refractivity contribution in [1.29, 1.82) is 0 Å². The van der Waals surface area contributed by atoms with Gasteiger partial charge in [-0.25, -0.2) is 4.21 Å². The fraction of sp³-hybridized carbons (Fsp3) is 0.364. The minimum Gasteiger partial charge on any atom is -0.311 e. The average molecular weight is 207 g/mol. The smallest absolute Gasteiger partial charge is 0.0940 e. The maximum absolute atomic E-state index is 10.9. The highest BCUT2D eigenvalue weighted by molar-refractivity contribution is 7.67. The normalized spacial score (nSPS) is 15.9. The van der Waals surface area contributed by atoms with Crippen LogP contribution in [-0.4, -0.2) is 22.2 Å². The van der Waals surface area contributed by atoms with E-state index in [4.69, 9.17) is 0 Å². The molecule has 3 heteroatoms. The lowest BCUT2D eigenvalue weighted by Gasteiger charge is -2.05. The van der Waals surface area contributed by atoms with Gasteiger partial charge in [0.1, 0.15) is 0 Å². The first-order valence-corrected chi connectivity index (χ1v) is 5.51. The number of fused-ring (bicyclic) bond motifs is 1. The molecule has 1 aromatic rings. The molecule has 1 heterocycles. The summed E-state index contributed by atoms with van der Waals surface area (Å²) >= 11 is 0.612. The van der Waals surface area contributed by atoms with Crippen molar-refractivity contribution in [2.24, 2.45) is 0 Å². The third-order valence-corrected chi connectivity index (χ3v) is 3.08. The lowest BCUT2D eigenvalue weighted by Crippen LogP contribution is -2.21. The molecule has 14 heavy (non-hydrogen) atoms. The van der Waals surface area contributed by atoms with E-state index in [1.165, 1.54) is 11.1 Å². The first kappa shape index (κ1) is 9.62. The first-order valence-electron chi connectivity index (χ1n) is 4.77. The molecule has 0 saturated carbocycles. The maximum Gasteiger partial charge on any atom is 0.0940 e. The Balaban J connectivity index is 2.55. The van der Waals surface area contributed by atoms with Crippen molar-refractivity contribution in [2.45, 2.75) is 13.3 Å². The summed E-state index contributed by atoms with van der Waals surface area (Å²) in [7, 11) is 0. The van der Waals surface area contributed by atoms with Crippen LogP contribution in [0.5, 0.6) is 0 Å². The second-order valence-electron chi connectivity index (χ2n) is 3.59. The molecule has 0 aromatic heterocycles. The number of rotatable bonds is 0. The topological polar surface area (TPSA) is 29.1 Å². The van der Waals surface area contributed by atoms with E-state index in [-0.39, 0.29) is 0 Å². The number of benzene rings is 1. The van der Waals surface area contributed by atoms with E-state index in [0.717, 1.165) is 23.4 Å². The molecule has 2 rings (SSSR count). The predicted molar refractivity (Wildman–Crippen MR) is 60.0 cm³/mol. The molecule has 1 N–H and O–H groups in total. The zero-order valence-electron chi connectivity index (χ0n) is 8.17. The van der Waals surface area contributed by atoms with Gasteiger partial charge in [0.15, 0.2) is 0 Å². The van der Waals surface area contributed by atoms with E-state index < -0.39 is 0 Å². The Kier molecular flexibility index (Phi) is 2.79. The standard InChI is InChI=1S/C11H13NOS/c1-8-2-3-10-9(6-8)4-5-12-7-11(10)14-13/h2-3,6,12H,4-5,7H2,1H3. The molecule has 0 spiro atoms. The molecule has 1 aliphatic heterocycles. The van der Waals surface area contributed by atoms with Crippen molar-refractivity contribution in [3.8, 4) is 0 Å². The predicted octanol–water partition coefficient (Wildman–Crippen LogP) is 0.874. The molecule has 1 aromatic carbocycles. The van der Waals surface area contributed by atoms with Crippen LogP contribution in [0.15, 0.2) is 18.2 Å². The molecule has 0 aliphatic carbocycles. The first-order chi connectivity index (χ1) is 6.81. The summed E-state index contributed by atoms with van der Waals surface area (Å²) in [5.41, 5.74) is 3.70. The summed E-state index contributed by atoms with van der Waals surface area (Å²) in [5, 5.41) is 3.26. The summed E-state index contributed by atoms with van der Waals surface area (Å²) in [6.45, 7) is 3.76. The molecule has 74 valence electrons. The average Bonchev–Trinajstić information content (AvgIpc) is 2.38. The number of hydrogen-bond acceptors (Lipinski definition) is 2. The molecule has 2 nitrogen and oxygen atoms in total. The minimum absolute atomic E-state index is 0.612. The maximum atomic E-state index is 10.9. The zero-order valence-corrected chi connectivity index (χ0v) is 8.99. The lowest BCUT2D eigenvalue weighted by atomic mass is 10.0. The van der Waals surface area contributed by atoms with Crippen LogP contribution in [0.1, 0.15) is 16.7 Å². The van der Waals surface area contributed by atoms with Gasteiger partial charge in [-0.1, -0.05) is 23.8 Å². The minimum atomic E-state index is 0.612. The molecule has 0 atom stereocenters. The SMILES string of the molecule is Cc1ccc2c(c1)CCNCC2=S=O. The third kappa shape index (κ3) is 1.79. The third-order valence-electron chi connectivity index (χ3n) is 2.52. The van der Waals surface area contributed by atoms with Crippen LogP contribution in [-0.2, 0) is 17.7 Å². The van der Waals surface area contributed by atoms with Gasteiger partial charge in [0.05, 0.1) is 16.1 Å². The monoisotopic (exact) mass is 207 g/mol. The summed E-state index contributed by atoms with van der Waals surface area (Å²) in [6.07, 6.45) is 1.01. The summed E-state index contributed by atoms with van der Waals surface area (Å²) < 4.78 is 10.9. The van der Waals surface area contributed by atoms with E-state index in [2.05, 4.69) is 30.4 Å². The molecular formula is C11H13NOS. The highest BCUT2D eigenvalue weighted by Gasteiger charge is 2.12. The van der Waals surface area contributed by atoms with Crippen LogP contribution >= 0.6 is 0 Å². The van der Waals surface area contributed by atoms with E-state index in [1.807, 2.05) is 0 Å². The van der Waals surface area contributed by atoms with Crippen LogP contribution in [0.3, 0.4) is 0 Å². The Bertz CT molecular complexity index is 408. The molecule has 0 saturated heterocycles. The lowest BCUT2D eigenvalue weighted by molar-refractivity contribution is 0.700. The van der Waals surface area contributed by atoms with Crippen LogP contribution in [0, 0.1) is 6.92 Å². The van der Waals surface area contributed by atoms with Crippen molar-refractivity contribution >= 4 is 16.1 Å². The number of hydrogen-bond donors (Lipinski definition) is 1. The van der Waals surface area contributed by atoms with Gasteiger partial charge in [0.25, 0.3) is 0 Å². The molecule has 1 aliphatic rings. The molecular weight excluding hydrogens is 194 g/mol. The van der Waals surface area contributed by atoms with Crippen molar-refractivity contribution in [3.05, 3.63) is 34.9 Å². The van der Waals surface area contributed by atoms with Crippen LogP contribution < -0.4 is 5.32 Å². The molecule has 0 radical (unpaired) electrons. The van der Waals surface area contributed by atoms with Crippen molar-refractivity contribution in [1.82, 2.24) is 5.32 Å². The zero-order chi connectivity index (χ0) is 9.97. The van der Waals surface area contributed by atoms with Crippen molar-refractivity contribution in [3.63, 3.8) is 0 Å². The second-order valence-corrected chi connectivity index (χ2v) is 4.25. The van der Waals surface area contributed by atoms with E-state index in [1.54, 1.807) is 0 Å². The van der Waals surface area contributed by atoms with Gasteiger partial charge >= 0.3 is 0 Å². The quantitative estimate of drug-likeness (QED) is 0.640. The van der Waals surface area contributed by atoms with E-state index >= 15 is 0 Å². The van der Waals surface area contributed by atoms with Gasteiger partial charge in [-0.2, -0.15) is 0 Å². The summed E-state index contributed by atoms with van der Waals surface area (Å²) in [6, 6.07) is 6.32. The summed E-state index contributed by atoms with van der Waals surface area (Å²) in [5.74, 6) is 0. The Hall–Kier alpha value is -0.930. The Morgan fingerprint density at radius 3 is 3.07 bits per heavy atom. The largest absolute Gasteiger partial charge is 0.311 e. The van der Waals surface area contributed by atoms with Gasteiger partial charge in [-0.15, -0.1) is 0 Å². The second kappa shape index (κ2) is 4.07. The fourth-order valence-corrected chi connectivity index (χ4v) is 2.25. The van der Waals surface area contributed by atoms with Gasteiger partial charge in [0, 0.05) is 6.54 Å². The van der Waals surface area contributed by atoms with Crippen molar-refractivity contribution in [2.75, 3.05) is 13.1 Å². The molecule has 0 bridgehead atoms. The van der Waals surface area contributed by atoms with Crippen LogP contribution in [0.2, 0.25) is 0 Å². The van der Waals surface area contributed by atoms with Crippen LogP contribution in [0.4, 0.5) is 0 Å². The Labute approximate surface area is 87.4 Å². The molecule has 0 fully saturated rings. The van der Waals surface area contributed by atoms with E-state index in [9.17, 15) is 4.21 Å². The molecule has 0 amide bonds. The Morgan fingerprint density at radius 2 is 2.29 bits per heavy atom.